The quantitative estimate of drug-likeness (QED) is 0.140. The zero-order valence-corrected chi connectivity index (χ0v) is 23.6. The lowest BCUT2D eigenvalue weighted by molar-refractivity contribution is -0.115. The first-order valence-electron chi connectivity index (χ1n) is 13.2. The van der Waals surface area contributed by atoms with Crippen LogP contribution in [0.15, 0.2) is 120 Å². The molecule has 0 saturated heterocycles. The summed E-state index contributed by atoms with van der Waals surface area (Å²) in [7, 11) is 0. The Morgan fingerprint density at radius 3 is 2.00 bits per heavy atom. The summed E-state index contributed by atoms with van der Waals surface area (Å²) in [6.45, 7) is 4.33. The molecule has 0 aromatic heterocycles. The minimum atomic E-state index is -0.457. The molecule has 41 heavy (non-hydrogen) atoms. The summed E-state index contributed by atoms with van der Waals surface area (Å²) in [6, 6.07) is 32.4. The SMILES string of the molecule is CCOc1ccc(NC(=O)C(C)Sc2ccc(NC(=O)/C(=C/c3ccccc3)NC(=O)c3ccccc3)cc2)cc1. The highest BCUT2D eigenvalue weighted by molar-refractivity contribution is 8.00. The van der Waals surface area contributed by atoms with Crippen molar-refractivity contribution in [2.24, 2.45) is 0 Å². The van der Waals surface area contributed by atoms with Crippen molar-refractivity contribution in [2.75, 3.05) is 17.2 Å². The summed E-state index contributed by atoms with van der Waals surface area (Å²) >= 11 is 1.41. The van der Waals surface area contributed by atoms with Gasteiger partial charge in [-0.3, -0.25) is 14.4 Å². The molecule has 0 aliphatic rings. The first-order chi connectivity index (χ1) is 19.9. The highest BCUT2D eigenvalue weighted by atomic mass is 32.2. The molecular formula is C33H31N3O4S. The highest BCUT2D eigenvalue weighted by Gasteiger charge is 2.17. The molecule has 3 N–H and O–H groups in total. The molecule has 4 aromatic rings. The van der Waals surface area contributed by atoms with E-state index < -0.39 is 5.91 Å². The fourth-order valence-corrected chi connectivity index (χ4v) is 4.64. The fraction of sp³-hybridized carbons (Fsp3) is 0.121. The molecule has 0 heterocycles. The molecule has 4 rings (SSSR count). The lowest BCUT2D eigenvalue weighted by Gasteiger charge is -2.14. The van der Waals surface area contributed by atoms with Gasteiger partial charge in [-0.05, 0) is 86.2 Å². The minimum Gasteiger partial charge on any atom is -0.494 e. The number of nitrogens with one attached hydrogen (secondary N) is 3. The van der Waals surface area contributed by atoms with Crippen LogP contribution in [0.5, 0.6) is 5.75 Å². The molecule has 8 heteroatoms. The molecule has 4 aromatic carbocycles. The molecule has 3 amide bonds. The van der Waals surface area contributed by atoms with E-state index in [9.17, 15) is 14.4 Å². The summed E-state index contributed by atoms with van der Waals surface area (Å²) < 4.78 is 5.44. The van der Waals surface area contributed by atoms with Gasteiger partial charge in [0.2, 0.25) is 5.91 Å². The van der Waals surface area contributed by atoms with Crippen molar-refractivity contribution < 1.29 is 19.1 Å². The highest BCUT2D eigenvalue weighted by Crippen LogP contribution is 2.26. The monoisotopic (exact) mass is 565 g/mol. The molecular weight excluding hydrogens is 534 g/mol. The van der Waals surface area contributed by atoms with Gasteiger partial charge in [-0.25, -0.2) is 0 Å². The number of hydrogen-bond donors (Lipinski definition) is 3. The lowest BCUT2D eigenvalue weighted by Crippen LogP contribution is -2.30. The molecule has 208 valence electrons. The zero-order valence-electron chi connectivity index (χ0n) is 22.8. The summed E-state index contributed by atoms with van der Waals surface area (Å²) in [5, 5.41) is 8.15. The second-order valence-corrected chi connectivity index (χ2v) is 10.4. The van der Waals surface area contributed by atoms with Gasteiger partial charge < -0.3 is 20.7 Å². The Morgan fingerprint density at radius 1 is 0.780 bits per heavy atom. The first kappa shape index (κ1) is 29.2. The number of rotatable bonds is 11. The van der Waals surface area contributed by atoms with Gasteiger partial charge in [0.1, 0.15) is 11.4 Å². The van der Waals surface area contributed by atoms with Crippen LogP contribution in [0.25, 0.3) is 6.08 Å². The first-order valence-corrected chi connectivity index (χ1v) is 14.0. The molecule has 0 saturated carbocycles. The number of carbonyl (C=O) groups excluding carboxylic acids is 3. The number of carbonyl (C=O) groups is 3. The van der Waals surface area contributed by atoms with Gasteiger partial charge >= 0.3 is 0 Å². The molecule has 0 bridgehead atoms. The Balaban J connectivity index is 1.38. The summed E-state index contributed by atoms with van der Waals surface area (Å²) in [5.41, 5.74) is 2.58. The molecule has 1 unspecified atom stereocenters. The van der Waals surface area contributed by atoms with Gasteiger partial charge in [-0.15, -0.1) is 11.8 Å². The number of anilines is 2. The van der Waals surface area contributed by atoms with Crippen LogP contribution < -0.4 is 20.7 Å². The van der Waals surface area contributed by atoms with E-state index in [1.807, 2.05) is 74.5 Å². The average molecular weight is 566 g/mol. The molecule has 7 nitrogen and oxygen atoms in total. The van der Waals surface area contributed by atoms with Gasteiger partial charge in [0, 0.05) is 21.8 Å². The van der Waals surface area contributed by atoms with E-state index in [2.05, 4.69) is 16.0 Å². The van der Waals surface area contributed by atoms with Gasteiger partial charge in [0.05, 0.1) is 11.9 Å². The maximum atomic E-state index is 13.2. The van der Waals surface area contributed by atoms with E-state index in [0.717, 1.165) is 16.2 Å². The van der Waals surface area contributed by atoms with Gasteiger partial charge in [0.15, 0.2) is 0 Å². The van der Waals surface area contributed by atoms with E-state index in [4.69, 9.17) is 4.74 Å². The molecule has 0 spiro atoms. The maximum Gasteiger partial charge on any atom is 0.272 e. The second kappa shape index (κ2) is 14.5. The standard InChI is InChI=1S/C33H31N3O4S/c1-3-40-28-18-14-26(15-19-28)34-31(37)23(2)41-29-20-16-27(17-21-29)35-33(39)30(22-24-10-6-4-7-11-24)36-32(38)25-12-8-5-9-13-25/h4-23H,3H2,1-2H3,(H,34,37)(H,35,39)(H,36,38)/b30-22-. The second-order valence-electron chi connectivity index (χ2n) is 8.97. The van der Waals surface area contributed by atoms with Crippen LogP contribution in [0.2, 0.25) is 0 Å². The summed E-state index contributed by atoms with van der Waals surface area (Å²) in [6.07, 6.45) is 1.63. The average Bonchev–Trinajstić information content (AvgIpc) is 2.99. The van der Waals surface area contributed by atoms with Crippen LogP contribution >= 0.6 is 11.8 Å². The Morgan fingerprint density at radius 2 is 1.37 bits per heavy atom. The van der Waals surface area contributed by atoms with Crippen molar-refractivity contribution in [1.82, 2.24) is 5.32 Å². The molecule has 0 aliphatic heterocycles. The smallest absolute Gasteiger partial charge is 0.272 e. The largest absolute Gasteiger partial charge is 0.494 e. The fourth-order valence-electron chi connectivity index (χ4n) is 3.78. The third-order valence-electron chi connectivity index (χ3n) is 5.87. The zero-order chi connectivity index (χ0) is 29.0. The van der Waals surface area contributed by atoms with E-state index in [0.29, 0.717) is 23.5 Å². The van der Waals surface area contributed by atoms with Crippen molar-refractivity contribution in [3.05, 3.63) is 126 Å². The van der Waals surface area contributed by atoms with Crippen molar-refractivity contribution in [2.45, 2.75) is 24.0 Å². The van der Waals surface area contributed by atoms with Gasteiger partial charge in [0.25, 0.3) is 11.8 Å². The lowest BCUT2D eigenvalue weighted by atomic mass is 10.1. The van der Waals surface area contributed by atoms with Crippen molar-refractivity contribution in [3.63, 3.8) is 0 Å². The summed E-state index contributed by atoms with van der Waals surface area (Å²) in [4.78, 5) is 39.6. The molecule has 0 radical (unpaired) electrons. The minimum absolute atomic E-state index is 0.114. The number of amides is 3. The van der Waals surface area contributed by atoms with E-state index in [1.54, 1.807) is 54.6 Å². The predicted octanol–water partition coefficient (Wildman–Crippen LogP) is 6.61. The third kappa shape index (κ3) is 8.84. The van der Waals surface area contributed by atoms with Crippen LogP contribution in [-0.4, -0.2) is 29.6 Å². The van der Waals surface area contributed by atoms with Gasteiger partial charge in [-0.1, -0.05) is 48.5 Å². The van der Waals surface area contributed by atoms with Crippen LogP contribution in [0, 0.1) is 0 Å². The van der Waals surface area contributed by atoms with Gasteiger partial charge in [-0.2, -0.15) is 0 Å². The third-order valence-corrected chi connectivity index (χ3v) is 6.98. The Bertz CT molecular complexity index is 1490. The molecule has 0 aliphatic carbocycles. The Kier molecular flexibility index (Phi) is 10.3. The number of ether oxygens (including phenoxy) is 1. The summed E-state index contributed by atoms with van der Waals surface area (Å²) in [5.74, 6) is -0.212. The van der Waals surface area contributed by atoms with Crippen LogP contribution in [0.1, 0.15) is 29.8 Å². The predicted molar refractivity (Wildman–Crippen MR) is 165 cm³/mol. The molecule has 0 fully saturated rings. The molecule has 1 atom stereocenters. The Labute approximate surface area is 244 Å². The number of hydrogen-bond acceptors (Lipinski definition) is 5. The van der Waals surface area contributed by atoms with E-state index in [1.165, 1.54) is 11.8 Å². The topological polar surface area (TPSA) is 96.5 Å². The van der Waals surface area contributed by atoms with Crippen LogP contribution in [0.4, 0.5) is 11.4 Å². The normalized spacial score (nSPS) is 11.7. The van der Waals surface area contributed by atoms with Crippen LogP contribution in [0.3, 0.4) is 0 Å². The van der Waals surface area contributed by atoms with Crippen molar-refractivity contribution in [1.29, 1.82) is 0 Å². The maximum absolute atomic E-state index is 13.2. The van der Waals surface area contributed by atoms with E-state index >= 15 is 0 Å². The Hall–Kier alpha value is -4.82. The van der Waals surface area contributed by atoms with Crippen LogP contribution in [-0.2, 0) is 9.59 Å². The number of thioether (sulfide) groups is 1. The van der Waals surface area contributed by atoms with Crippen molar-refractivity contribution in [3.8, 4) is 5.75 Å². The van der Waals surface area contributed by atoms with E-state index in [-0.39, 0.29) is 22.8 Å². The van der Waals surface area contributed by atoms with Crippen molar-refractivity contribution >= 4 is 46.9 Å². The number of benzene rings is 4.